The summed E-state index contributed by atoms with van der Waals surface area (Å²) in [4.78, 5) is 2.80. The highest BCUT2D eigenvalue weighted by Crippen LogP contribution is 2.60. The van der Waals surface area contributed by atoms with E-state index in [2.05, 4.69) is 17.1 Å². The lowest BCUT2D eigenvalue weighted by Crippen LogP contribution is -2.60. The third-order valence-corrected chi connectivity index (χ3v) is 6.39. The Morgan fingerprint density at radius 2 is 1.56 bits per heavy atom. The largest absolute Gasteiger partial charge is 0.314 e. The molecule has 5 rings (SSSR count). The molecule has 4 bridgehead atoms. The van der Waals surface area contributed by atoms with Crippen LogP contribution in [0.2, 0.25) is 0 Å². The number of rotatable bonds is 4. The minimum atomic E-state index is 0.736. The predicted octanol–water partition coefficient (Wildman–Crippen LogP) is 2.50. The van der Waals surface area contributed by atoms with Gasteiger partial charge in [0.1, 0.15) is 0 Å². The Morgan fingerprint density at radius 3 is 1.94 bits per heavy atom. The standard InChI is InChI=1S/C16H28N2/c1-2-18(15-9-17-10-15)11-16-6-12-3-13(7-16)5-14(4-12)8-16/h12-15,17H,2-11H2,1H3. The first-order valence-corrected chi connectivity index (χ1v) is 8.21. The van der Waals surface area contributed by atoms with Crippen LogP contribution in [0.15, 0.2) is 0 Å². The molecule has 5 fully saturated rings. The summed E-state index contributed by atoms with van der Waals surface area (Å²) in [5, 5.41) is 3.44. The zero-order chi connectivity index (χ0) is 12.2. The van der Waals surface area contributed by atoms with Crippen LogP contribution in [0.5, 0.6) is 0 Å². The fraction of sp³-hybridized carbons (Fsp3) is 1.00. The van der Waals surface area contributed by atoms with Crippen molar-refractivity contribution in [2.24, 2.45) is 23.2 Å². The highest BCUT2D eigenvalue weighted by molar-refractivity contribution is 5.03. The zero-order valence-electron chi connectivity index (χ0n) is 11.8. The van der Waals surface area contributed by atoms with E-state index >= 15 is 0 Å². The smallest absolute Gasteiger partial charge is 0.0345 e. The molecule has 1 saturated heterocycles. The second-order valence-corrected chi connectivity index (χ2v) is 7.79. The van der Waals surface area contributed by atoms with Crippen molar-refractivity contribution in [1.29, 1.82) is 0 Å². The molecule has 5 aliphatic rings. The van der Waals surface area contributed by atoms with Gasteiger partial charge < -0.3 is 5.32 Å². The predicted molar refractivity (Wildman–Crippen MR) is 74.5 cm³/mol. The highest BCUT2D eigenvalue weighted by atomic mass is 15.2. The quantitative estimate of drug-likeness (QED) is 0.822. The first-order chi connectivity index (χ1) is 8.76. The van der Waals surface area contributed by atoms with Gasteiger partial charge in [0.05, 0.1) is 0 Å². The van der Waals surface area contributed by atoms with Crippen molar-refractivity contribution in [3.63, 3.8) is 0 Å². The molecule has 0 radical (unpaired) electrons. The summed E-state index contributed by atoms with van der Waals surface area (Å²) < 4.78 is 0. The molecule has 1 aliphatic heterocycles. The fourth-order valence-corrected chi connectivity index (χ4v) is 5.95. The van der Waals surface area contributed by atoms with E-state index in [1.165, 1.54) is 26.2 Å². The number of hydrogen-bond acceptors (Lipinski definition) is 2. The van der Waals surface area contributed by atoms with E-state index in [1.54, 1.807) is 38.5 Å². The van der Waals surface area contributed by atoms with Gasteiger partial charge >= 0.3 is 0 Å². The highest BCUT2D eigenvalue weighted by Gasteiger charge is 2.51. The number of hydrogen-bond donors (Lipinski definition) is 1. The molecule has 1 heterocycles. The van der Waals surface area contributed by atoms with Crippen LogP contribution in [0.1, 0.15) is 45.4 Å². The van der Waals surface area contributed by atoms with Crippen molar-refractivity contribution < 1.29 is 0 Å². The monoisotopic (exact) mass is 248 g/mol. The maximum absolute atomic E-state index is 3.44. The molecule has 18 heavy (non-hydrogen) atoms. The molecule has 0 aromatic carbocycles. The topological polar surface area (TPSA) is 15.3 Å². The van der Waals surface area contributed by atoms with Crippen molar-refractivity contribution in [3.8, 4) is 0 Å². The second-order valence-electron chi connectivity index (χ2n) is 7.79. The molecular weight excluding hydrogens is 220 g/mol. The van der Waals surface area contributed by atoms with Crippen molar-refractivity contribution in [2.45, 2.75) is 51.5 Å². The fourth-order valence-electron chi connectivity index (χ4n) is 5.95. The van der Waals surface area contributed by atoms with E-state index in [9.17, 15) is 0 Å². The van der Waals surface area contributed by atoms with Crippen LogP contribution < -0.4 is 5.32 Å². The first-order valence-electron chi connectivity index (χ1n) is 8.21. The summed E-state index contributed by atoms with van der Waals surface area (Å²) in [6, 6.07) is 0.850. The van der Waals surface area contributed by atoms with Gasteiger partial charge in [-0.15, -0.1) is 0 Å². The summed E-state index contributed by atoms with van der Waals surface area (Å²) in [6.45, 7) is 7.51. The average molecular weight is 248 g/mol. The van der Waals surface area contributed by atoms with Gasteiger partial charge in [0.15, 0.2) is 0 Å². The van der Waals surface area contributed by atoms with Crippen LogP contribution in [-0.4, -0.2) is 37.1 Å². The van der Waals surface area contributed by atoms with Crippen molar-refractivity contribution >= 4 is 0 Å². The van der Waals surface area contributed by atoms with E-state index < -0.39 is 0 Å². The Bertz CT molecular complexity index is 286. The molecule has 0 aromatic rings. The summed E-state index contributed by atoms with van der Waals surface area (Å²) in [5.41, 5.74) is 0.736. The molecule has 4 aliphatic carbocycles. The lowest BCUT2D eigenvalue weighted by molar-refractivity contribution is -0.0764. The van der Waals surface area contributed by atoms with E-state index in [-0.39, 0.29) is 0 Å². The minimum absolute atomic E-state index is 0.736. The van der Waals surface area contributed by atoms with Crippen LogP contribution in [0.3, 0.4) is 0 Å². The van der Waals surface area contributed by atoms with Crippen LogP contribution >= 0.6 is 0 Å². The van der Waals surface area contributed by atoms with Gasteiger partial charge in [0.2, 0.25) is 0 Å². The second kappa shape index (κ2) is 4.21. The molecule has 0 atom stereocenters. The van der Waals surface area contributed by atoms with Crippen molar-refractivity contribution in [1.82, 2.24) is 10.2 Å². The number of nitrogens with zero attached hydrogens (tertiary/aromatic N) is 1. The van der Waals surface area contributed by atoms with E-state index in [1.807, 2.05) is 0 Å². The third-order valence-electron chi connectivity index (χ3n) is 6.39. The molecule has 0 unspecified atom stereocenters. The van der Waals surface area contributed by atoms with Crippen LogP contribution in [0.25, 0.3) is 0 Å². The van der Waals surface area contributed by atoms with Crippen molar-refractivity contribution in [3.05, 3.63) is 0 Å². The van der Waals surface area contributed by atoms with Gasteiger partial charge in [-0.05, 0) is 68.2 Å². The molecular formula is C16H28N2. The number of nitrogens with one attached hydrogen (secondary N) is 1. The maximum atomic E-state index is 3.44. The Labute approximate surface area is 111 Å². The van der Waals surface area contributed by atoms with Crippen LogP contribution in [0, 0.1) is 23.2 Å². The molecule has 0 amide bonds. The number of likely N-dealkylation sites (N-methyl/N-ethyl adjacent to an activating group) is 1. The van der Waals surface area contributed by atoms with E-state index in [4.69, 9.17) is 0 Å². The Morgan fingerprint density at radius 1 is 1.00 bits per heavy atom. The van der Waals surface area contributed by atoms with E-state index in [0.29, 0.717) is 0 Å². The Balaban J connectivity index is 1.49. The van der Waals surface area contributed by atoms with Crippen LogP contribution in [-0.2, 0) is 0 Å². The maximum Gasteiger partial charge on any atom is 0.0345 e. The third kappa shape index (κ3) is 1.84. The van der Waals surface area contributed by atoms with Gasteiger partial charge in [-0.2, -0.15) is 0 Å². The van der Waals surface area contributed by atoms with Gasteiger partial charge in [0, 0.05) is 25.7 Å². The van der Waals surface area contributed by atoms with Crippen molar-refractivity contribution in [2.75, 3.05) is 26.2 Å². The molecule has 102 valence electrons. The van der Waals surface area contributed by atoms with Gasteiger partial charge in [0.25, 0.3) is 0 Å². The molecule has 4 saturated carbocycles. The zero-order valence-corrected chi connectivity index (χ0v) is 11.8. The minimum Gasteiger partial charge on any atom is -0.314 e. The summed E-state index contributed by atoms with van der Waals surface area (Å²) in [7, 11) is 0. The SMILES string of the molecule is CCN(CC12CC3CC(CC(C3)C1)C2)C1CNC1. The van der Waals surface area contributed by atoms with Gasteiger partial charge in [-0.3, -0.25) is 4.90 Å². The molecule has 2 heteroatoms. The summed E-state index contributed by atoms with van der Waals surface area (Å²) >= 11 is 0. The van der Waals surface area contributed by atoms with Gasteiger partial charge in [-0.25, -0.2) is 0 Å². The first kappa shape index (κ1) is 11.7. The summed E-state index contributed by atoms with van der Waals surface area (Å²) in [5.74, 6) is 3.32. The molecule has 0 spiro atoms. The summed E-state index contributed by atoms with van der Waals surface area (Å²) in [6.07, 6.45) is 9.43. The lowest BCUT2D eigenvalue weighted by atomic mass is 9.49. The molecule has 1 N–H and O–H groups in total. The van der Waals surface area contributed by atoms with Crippen LogP contribution in [0.4, 0.5) is 0 Å². The Hall–Kier alpha value is -0.0800. The lowest BCUT2D eigenvalue weighted by Gasteiger charge is -2.58. The average Bonchev–Trinajstić information content (AvgIpc) is 2.23. The van der Waals surface area contributed by atoms with Gasteiger partial charge in [-0.1, -0.05) is 6.92 Å². The Kier molecular flexibility index (Phi) is 2.74. The van der Waals surface area contributed by atoms with E-state index in [0.717, 1.165) is 29.2 Å². The normalized spacial score (nSPS) is 46.7. The molecule has 0 aromatic heterocycles. The molecule has 2 nitrogen and oxygen atoms in total.